The molecular formula is C9H11ClN2O. The summed E-state index contributed by atoms with van der Waals surface area (Å²) in [4.78, 5) is 13.5. The Morgan fingerprint density at radius 3 is 2.92 bits per heavy atom. The minimum Gasteiger partial charge on any atom is -0.313 e. The second kappa shape index (κ2) is 3.52. The molecule has 2 heterocycles. The standard InChI is InChI=1S/C9H11ClN2O/c10-9-6(3-4-8(13)12-9)7-2-1-5-11-7/h3-4,7,11H,1-2,5H2,(H,12,13). The van der Waals surface area contributed by atoms with Gasteiger partial charge >= 0.3 is 0 Å². The molecule has 13 heavy (non-hydrogen) atoms. The van der Waals surface area contributed by atoms with Crippen LogP contribution in [0.5, 0.6) is 0 Å². The van der Waals surface area contributed by atoms with Crippen molar-refractivity contribution in [3.05, 3.63) is 33.2 Å². The molecule has 1 unspecified atom stereocenters. The van der Waals surface area contributed by atoms with E-state index in [-0.39, 0.29) is 5.56 Å². The molecule has 1 atom stereocenters. The molecule has 0 spiro atoms. The van der Waals surface area contributed by atoms with Crippen LogP contribution in [-0.2, 0) is 0 Å². The van der Waals surface area contributed by atoms with Crippen LogP contribution in [0.2, 0.25) is 5.15 Å². The zero-order valence-corrected chi connectivity index (χ0v) is 7.90. The molecule has 4 heteroatoms. The number of hydrogen-bond acceptors (Lipinski definition) is 2. The van der Waals surface area contributed by atoms with Crippen molar-refractivity contribution >= 4 is 11.6 Å². The van der Waals surface area contributed by atoms with Crippen LogP contribution in [0.4, 0.5) is 0 Å². The minimum absolute atomic E-state index is 0.147. The van der Waals surface area contributed by atoms with Crippen LogP contribution in [0.25, 0.3) is 0 Å². The summed E-state index contributed by atoms with van der Waals surface area (Å²) < 4.78 is 0. The Kier molecular flexibility index (Phi) is 2.38. The summed E-state index contributed by atoms with van der Waals surface area (Å²) in [6.45, 7) is 1.03. The van der Waals surface area contributed by atoms with Crippen LogP contribution < -0.4 is 10.9 Å². The van der Waals surface area contributed by atoms with Crippen LogP contribution in [0.3, 0.4) is 0 Å². The second-order valence-electron chi connectivity index (χ2n) is 3.24. The number of H-pyrrole nitrogens is 1. The summed E-state index contributed by atoms with van der Waals surface area (Å²) in [5.41, 5.74) is 0.852. The molecule has 1 aromatic heterocycles. The van der Waals surface area contributed by atoms with Crippen LogP contribution >= 0.6 is 11.6 Å². The third kappa shape index (κ3) is 1.76. The van der Waals surface area contributed by atoms with Gasteiger partial charge in [0.25, 0.3) is 0 Å². The number of nitrogens with one attached hydrogen (secondary N) is 2. The zero-order valence-electron chi connectivity index (χ0n) is 7.14. The number of rotatable bonds is 1. The van der Waals surface area contributed by atoms with Crippen molar-refractivity contribution in [2.45, 2.75) is 18.9 Å². The van der Waals surface area contributed by atoms with Gasteiger partial charge < -0.3 is 10.3 Å². The van der Waals surface area contributed by atoms with E-state index in [9.17, 15) is 4.79 Å². The summed E-state index contributed by atoms with van der Waals surface area (Å²) in [5.74, 6) is 0. The summed E-state index contributed by atoms with van der Waals surface area (Å²) in [6, 6.07) is 3.62. The van der Waals surface area contributed by atoms with E-state index >= 15 is 0 Å². The lowest BCUT2D eigenvalue weighted by atomic mass is 10.1. The van der Waals surface area contributed by atoms with Crippen molar-refractivity contribution in [3.8, 4) is 0 Å². The van der Waals surface area contributed by atoms with E-state index in [0.29, 0.717) is 11.2 Å². The second-order valence-corrected chi connectivity index (χ2v) is 3.62. The van der Waals surface area contributed by atoms with Crippen molar-refractivity contribution in [3.63, 3.8) is 0 Å². The lowest BCUT2D eigenvalue weighted by molar-refractivity contribution is 0.645. The molecule has 1 aliphatic heterocycles. The van der Waals surface area contributed by atoms with E-state index in [1.807, 2.05) is 0 Å². The van der Waals surface area contributed by atoms with Gasteiger partial charge in [-0.2, -0.15) is 0 Å². The zero-order chi connectivity index (χ0) is 9.26. The lowest BCUT2D eigenvalue weighted by Gasteiger charge is -2.11. The topological polar surface area (TPSA) is 44.9 Å². The summed E-state index contributed by atoms with van der Waals surface area (Å²) in [7, 11) is 0. The largest absolute Gasteiger partial charge is 0.313 e. The predicted molar refractivity (Wildman–Crippen MR) is 52.1 cm³/mol. The first-order valence-corrected chi connectivity index (χ1v) is 4.77. The first-order chi connectivity index (χ1) is 6.27. The van der Waals surface area contributed by atoms with E-state index < -0.39 is 0 Å². The Morgan fingerprint density at radius 1 is 1.46 bits per heavy atom. The fraction of sp³-hybridized carbons (Fsp3) is 0.444. The number of aromatic nitrogens is 1. The fourth-order valence-electron chi connectivity index (χ4n) is 1.68. The molecule has 2 N–H and O–H groups in total. The quantitative estimate of drug-likeness (QED) is 0.671. The molecule has 1 saturated heterocycles. The maximum absolute atomic E-state index is 10.9. The Hall–Kier alpha value is -0.800. The Balaban J connectivity index is 2.34. The highest BCUT2D eigenvalue weighted by Crippen LogP contribution is 2.26. The minimum atomic E-state index is -0.147. The highest BCUT2D eigenvalue weighted by molar-refractivity contribution is 6.30. The van der Waals surface area contributed by atoms with E-state index in [1.165, 1.54) is 12.5 Å². The van der Waals surface area contributed by atoms with Gasteiger partial charge in [-0.15, -0.1) is 0 Å². The van der Waals surface area contributed by atoms with Crippen LogP contribution in [0, 0.1) is 0 Å². The highest BCUT2D eigenvalue weighted by Gasteiger charge is 2.18. The number of aromatic amines is 1. The Labute approximate surface area is 81.1 Å². The van der Waals surface area contributed by atoms with Gasteiger partial charge in [-0.25, -0.2) is 0 Å². The Bertz CT molecular complexity index is 355. The molecule has 2 rings (SSSR count). The molecule has 0 radical (unpaired) electrons. The van der Waals surface area contributed by atoms with E-state index in [1.54, 1.807) is 6.07 Å². The monoisotopic (exact) mass is 198 g/mol. The van der Waals surface area contributed by atoms with Gasteiger partial charge in [0.1, 0.15) is 5.15 Å². The van der Waals surface area contributed by atoms with Gasteiger partial charge in [0.05, 0.1) is 0 Å². The summed E-state index contributed by atoms with van der Waals surface area (Å²) >= 11 is 5.91. The molecule has 0 bridgehead atoms. The number of hydrogen-bond donors (Lipinski definition) is 2. The van der Waals surface area contributed by atoms with E-state index in [2.05, 4.69) is 10.3 Å². The normalized spacial score (nSPS) is 22.1. The molecule has 1 aromatic rings. The lowest BCUT2D eigenvalue weighted by Crippen LogP contribution is -2.15. The molecule has 0 amide bonds. The van der Waals surface area contributed by atoms with Crippen molar-refractivity contribution in [1.82, 2.24) is 10.3 Å². The number of halogens is 1. The Morgan fingerprint density at radius 2 is 2.31 bits per heavy atom. The van der Waals surface area contributed by atoms with Crippen LogP contribution in [0.15, 0.2) is 16.9 Å². The predicted octanol–water partition coefficient (Wildman–Crippen LogP) is 1.45. The summed E-state index contributed by atoms with van der Waals surface area (Å²) in [5, 5.41) is 3.79. The van der Waals surface area contributed by atoms with Crippen LogP contribution in [0.1, 0.15) is 24.4 Å². The fourth-order valence-corrected chi connectivity index (χ4v) is 1.97. The van der Waals surface area contributed by atoms with Crippen molar-refractivity contribution in [2.75, 3.05) is 6.54 Å². The molecule has 0 aromatic carbocycles. The van der Waals surface area contributed by atoms with Gasteiger partial charge in [-0.1, -0.05) is 11.6 Å². The van der Waals surface area contributed by atoms with Crippen molar-refractivity contribution in [1.29, 1.82) is 0 Å². The average molecular weight is 199 g/mol. The molecule has 3 nitrogen and oxygen atoms in total. The molecule has 0 aliphatic carbocycles. The van der Waals surface area contributed by atoms with Crippen LogP contribution in [-0.4, -0.2) is 11.5 Å². The highest BCUT2D eigenvalue weighted by atomic mass is 35.5. The molecule has 70 valence electrons. The van der Waals surface area contributed by atoms with Crippen molar-refractivity contribution in [2.24, 2.45) is 0 Å². The van der Waals surface area contributed by atoms with Gasteiger partial charge in [0.15, 0.2) is 0 Å². The first kappa shape index (κ1) is 8.78. The smallest absolute Gasteiger partial charge is 0.249 e. The van der Waals surface area contributed by atoms with Gasteiger partial charge in [0.2, 0.25) is 5.56 Å². The third-order valence-electron chi connectivity index (χ3n) is 2.34. The average Bonchev–Trinajstić information content (AvgIpc) is 2.56. The number of pyridine rings is 1. The van der Waals surface area contributed by atoms with Gasteiger partial charge in [-0.3, -0.25) is 4.79 Å². The van der Waals surface area contributed by atoms with E-state index in [4.69, 9.17) is 11.6 Å². The third-order valence-corrected chi connectivity index (χ3v) is 2.65. The molecule has 1 aliphatic rings. The summed E-state index contributed by atoms with van der Waals surface area (Å²) in [6.07, 6.45) is 2.26. The molecular weight excluding hydrogens is 188 g/mol. The molecule has 1 fully saturated rings. The van der Waals surface area contributed by atoms with Gasteiger partial charge in [0, 0.05) is 17.7 Å². The van der Waals surface area contributed by atoms with E-state index in [0.717, 1.165) is 18.5 Å². The maximum Gasteiger partial charge on any atom is 0.249 e. The van der Waals surface area contributed by atoms with Gasteiger partial charge in [-0.05, 0) is 25.5 Å². The van der Waals surface area contributed by atoms with Crippen molar-refractivity contribution < 1.29 is 0 Å². The molecule has 0 saturated carbocycles. The SMILES string of the molecule is O=c1ccc(C2CCCN2)c(Cl)[nH]1. The maximum atomic E-state index is 10.9. The first-order valence-electron chi connectivity index (χ1n) is 4.39.